The number of carbonyl (C=O) groups excluding carboxylic acids is 1. The molecule has 0 saturated carbocycles. The normalized spacial score (nSPS) is 22.4. The first kappa shape index (κ1) is 11.5. The number of hydrogen-bond donors (Lipinski definition) is 1. The Labute approximate surface area is 102 Å². The van der Waals surface area contributed by atoms with Gasteiger partial charge in [0.1, 0.15) is 0 Å². The van der Waals surface area contributed by atoms with E-state index in [0.717, 1.165) is 5.69 Å². The molecule has 16 heavy (non-hydrogen) atoms. The number of anilines is 1. The van der Waals surface area contributed by atoms with E-state index in [2.05, 4.69) is 24.4 Å². The van der Waals surface area contributed by atoms with Crippen LogP contribution in [0.15, 0.2) is 24.3 Å². The van der Waals surface area contributed by atoms with Gasteiger partial charge in [0.05, 0.1) is 0 Å². The van der Waals surface area contributed by atoms with Gasteiger partial charge in [0.25, 0.3) is 0 Å². The van der Waals surface area contributed by atoms with Gasteiger partial charge in [-0.1, -0.05) is 0 Å². The second-order valence-corrected chi connectivity index (χ2v) is 7.18. The minimum absolute atomic E-state index is 0.118. The van der Waals surface area contributed by atoms with E-state index in [0.29, 0.717) is 13.0 Å². The Kier molecular flexibility index (Phi) is 3.22. The third-order valence-corrected chi connectivity index (χ3v) is 5.08. The zero-order valence-electron chi connectivity index (χ0n) is 9.45. The molecule has 86 valence electrons. The van der Waals surface area contributed by atoms with Gasteiger partial charge in [-0.25, -0.2) is 0 Å². The summed E-state index contributed by atoms with van der Waals surface area (Å²) in [5, 5.41) is 3.43. The third-order valence-electron chi connectivity index (χ3n) is 2.41. The Morgan fingerprint density at radius 3 is 2.94 bits per heavy atom. The average Bonchev–Trinajstić information content (AvgIpc) is 2.53. The molecule has 4 heteroatoms. The average molecular weight is 284 g/mol. The van der Waals surface area contributed by atoms with E-state index >= 15 is 0 Å². The Morgan fingerprint density at radius 1 is 1.50 bits per heavy atom. The molecule has 1 aromatic carbocycles. The molecule has 0 aliphatic carbocycles. The molecule has 0 spiro atoms. The number of carbonyl (C=O) groups is 1. The van der Waals surface area contributed by atoms with Crippen molar-refractivity contribution in [1.82, 2.24) is 0 Å². The maximum atomic E-state index is 11.5. The van der Waals surface area contributed by atoms with Gasteiger partial charge < -0.3 is 0 Å². The number of hydrogen-bond acceptors (Lipinski definition) is 3. The Morgan fingerprint density at radius 2 is 2.25 bits per heavy atom. The zero-order valence-corrected chi connectivity index (χ0v) is 11.2. The van der Waals surface area contributed by atoms with Crippen LogP contribution in [0.5, 0.6) is 0 Å². The Balaban J connectivity index is 2.06. The number of rotatable bonds is 3. The monoisotopic (exact) mass is 285 g/mol. The molecule has 3 nitrogen and oxygen atoms in total. The standard InChI is InChI=1S/C12H15NO2Se/c1-3-15-11(14)8-12(2)13-9-6-4-5-7-10(9)16-12/h4-7,13H,3,8H2,1-2H3. The number of benzene rings is 1. The molecular weight excluding hydrogens is 269 g/mol. The number of esters is 1. The van der Waals surface area contributed by atoms with Gasteiger partial charge in [-0.15, -0.1) is 0 Å². The second-order valence-electron chi connectivity index (χ2n) is 3.94. The Bertz CT molecular complexity index is 381. The maximum absolute atomic E-state index is 11.5. The summed E-state index contributed by atoms with van der Waals surface area (Å²) in [7, 11) is 0. The van der Waals surface area contributed by atoms with Crippen LogP contribution < -0.4 is 9.78 Å². The first-order valence-corrected chi connectivity index (χ1v) is 7.06. The summed E-state index contributed by atoms with van der Waals surface area (Å²) in [6, 6.07) is 8.24. The number of fused-ring (bicyclic) bond motifs is 1. The van der Waals surface area contributed by atoms with Gasteiger partial charge >= 0.3 is 102 Å². The quantitative estimate of drug-likeness (QED) is 0.667. The Hall–Kier alpha value is -0.991. The molecule has 2 rings (SSSR count). The molecule has 1 aliphatic heterocycles. The molecule has 1 aliphatic rings. The molecule has 1 N–H and O–H groups in total. The first-order valence-electron chi connectivity index (χ1n) is 5.35. The predicted octanol–water partition coefficient (Wildman–Crippen LogP) is 1.11. The molecule has 1 aromatic rings. The minimum atomic E-state index is -0.136. The van der Waals surface area contributed by atoms with Crippen LogP contribution >= 0.6 is 0 Å². The first-order chi connectivity index (χ1) is 7.63. The molecule has 1 heterocycles. The van der Waals surface area contributed by atoms with Crippen LogP contribution in [0.2, 0.25) is 0 Å². The fraction of sp³-hybridized carbons (Fsp3) is 0.417. The topological polar surface area (TPSA) is 38.3 Å². The summed E-state index contributed by atoms with van der Waals surface area (Å²) >= 11 is 0.274. The van der Waals surface area contributed by atoms with Crippen molar-refractivity contribution in [2.24, 2.45) is 0 Å². The van der Waals surface area contributed by atoms with Crippen LogP contribution in [0.1, 0.15) is 20.3 Å². The molecule has 0 radical (unpaired) electrons. The van der Waals surface area contributed by atoms with Crippen LogP contribution in [-0.4, -0.2) is 32.0 Å². The summed E-state index contributed by atoms with van der Waals surface area (Å²) in [4.78, 5) is 11.5. The molecule has 0 fully saturated rings. The molecule has 0 aromatic heterocycles. The molecule has 1 unspecified atom stereocenters. The van der Waals surface area contributed by atoms with Crippen LogP contribution in [0.4, 0.5) is 5.69 Å². The van der Waals surface area contributed by atoms with Gasteiger partial charge in [0.2, 0.25) is 0 Å². The van der Waals surface area contributed by atoms with E-state index in [1.165, 1.54) is 4.46 Å². The third kappa shape index (κ3) is 2.39. The van der Waals surface area contributed by atoms with Crippen LogP contribution in [0.25, 0.3) is 0 Å². The van der Waals surface area contributed by atoms with Crippen molar-refractivity contribution in [3.63, 3.8) is 0 Å². The van der Waals surface area contributed by atoms with Gasteiger partial charge in [0.15, 0.2) is 0 Å². The van der Waals surface area contributed by atoms with E-state index in [-0.39, 0.29) is 25.4 Å². The van der Waals surface area contributed by atoms with E-state index in [9.17, 15) is 4.79 Å². The van der Waals surface area contributed by atoms with E-state index in [1.54, 1.807) is 0 Å². The van der Waals surface area contributed by atoms with Crippen LogP contribution in [0, 0.1) is 0 Å². The van der Waals surface area contributed by atoms with Crippen LogP contribution in [0.3, 0.4) is 0 Å². The van der Waals surface area contributed by atoms with Crippen LogP contribution in [-0.2, 0) is 9.53 Å². The summed E-state index contributed by atoms with van der Waals surface area (Å²) in [5.41, 5.74) is 1.16. The SMILES string of the molecule is CCOC(=O)CC1(C)Nc2ccccc2[Se]1. The van der Waals surface area contributed by atoms with E-state index < -0.39 is 0 Å². The number of ether oxygens (including phenoxy) is 1. The second kappa shape index (κ2) is 4.48. The predicted molar refractivity (Wildman–Crippen MR) is 65.1 cm³/mol. The van der Waals surface area contributed by atoms with E-state index in [4.69, 9.17) is 4.74 Å². The zero-order chi connectivity index (χ0) is 11.6. The molecule has 0 saturated heterocycles. The van der Waals surface area contributed by atoms with Gasteiger partial charge in [-0.3, -0.25) is 0 Å². The van der Waals surface area contributed by atoms with Crippen molar-refractivity contribution in [3.8, 4) is 0 Å². The van der Waals surface area contributed by atoms with Crippen molar-refractivity contribution in [1.29, 1.82) is 0 Å². The van der Waals surface area contributed by atoms with Crippen molar-refractivity contribution in [3.05, 3.63) is 24.3 Å². The number of para-hydroxylation sites is 1. The summed E-state index contributed by atoms with van der Waals surface area (Å²) in [6.45, 7) is 4.38. The fourth-order valence-corrected chi connectivity index (χ4v) is 4.32. The van der Waals surface area contributed by atoms with Crippen molar-refractivity contribution >= 4 is 31.1 Å². The molecular formula is C12H15NO2Se. The summed E-state index contributed by atoms with van der Waals surface area (Å²) < 4.78 is 6.20. The van der Waals surface area contributed by atoms with Crippen molar-refractivity contribution in [2.75, 3.05) is 11.9 Å². The molecule has 1 atom stereocenters. The van der Waals surface area contributed by atoms with Gasteiger partial charge in [0, 0.05) is 0 Å². The van der Waals surface area contributed by atoms with Crippen molar-refractivity contribution in [2.45, 2.75) is 24.7 Å². The molecule has 0 amide bonds. The van der Waals surface area contributed by atoms with Crippen molar-refractivity contribution < 1.29 is 9.53 Å². The summed E-state index contributed by atoms with van der Waals surface area (Å²) in [6.07, 6.45) is 0.440. The number of nitrogens with one attached hydrogen (secondary N) is 1. The van der Waals surface area contributed by atoms with Gasteiger partial charge in [-0.2, -0.15) is 0 Å². The molecule has 0 bridgehead atoms. The van der Waals surface area contributed by atoms with E-state index in [1.807, 2.05) is 19.1 Å². The summed E-state index contributed by atoms with van der Waals surface area (Å²) in [5.74, 6) is -0.118. The van der Waals surface area contributed by atoms with Gasteiger partial charge in [-0.05, 0) is 0 Å². The fourth-order valence-electron chi connectivity index (χ4n) is 1.78.